The molecule has 0 radical (unpaired) electrons. The number of ether oxygens (including phenoxy) is 1. The highest BCUT2D eigenvalue weighted by Crippen LogP contribution is 2.41. The zero-order chi connectivity index (χ0) is 17.4. The fourth-order valence-corrected chi connectivity index (χ4v) is 4.31. The van der Waals surface area contributed by atoms with Crippen LogP contribution in [0.1, 0.15) is 28.5 Å². The Bertz CT molecular complexity index is 772. The normalized spacial score (nSPS) is 25.7. The molecule has 3 atom stereocenters. The summed E-state index contributed by atoms with van der Waals surface area (Å²) in [5.41, 5.74) is 1.24. The molecule has 4 rings (SSSR count). The largest absolute Gasteiger partial charge is 0.497 e. The number of benzene rings is 1. The number of hydrogen-bond acceptors (Lipinski definition) is 4. The Morgan fingerprint density at radius 3 is 3.04 bits per heavy atom. The number of hydrogen-bond donors (Lipinski definition) is 1. The SMILES string of the molecule is COc1cccc([C@H]2CN(C(=O)c3nccn3C)[C@@H]3CCNC[C@H]23)c1. The number of rotatable bonds is 3. The van der Waals surface area contributed by atoms with Crippen LogP contribution in [-0.4, -0.2) is 53.1 Å². The Morgan fingerprint density at radius 1 is 1.40 bits per heavy atom. The summed E-state index contributed by atoms with van der Waals surface area (Å²) in [5, 5.41) is 3.50. The minimum Gasteiger partial charge on any atom is -0.497 e. The number of carbonyl (C=O) groups is 1. The molecule has 1 N–H and O–H groups in total. The molecule has 2 aliphatic rings. The Labute approximate surface area is 147 Å². The third kappa shape index (κ3) is 2.80. The van der Waals surface area contributed by atoms with Crippen molar-refractivity contribution in [1.82, 2.24) is 19.8 Å². The third-order valence-electron chi connectivity index (χ3n) is 5.60. The quantitative estimate of drug-likeness (QED) is 0.923. The lowest BCUT2D eigenvalue weighted by Crippen LogP contribution is -2.46. The summed E-state index contributed by atoms with van der Waals surface area (Å²) in [6, 6.07) is 8.51. The summed E-state index contributed by atoms with van der Waals surface area (Å²) in [7, 11) is 3.56. The Balaban J connectivity index is 1.66. The van der Waals surface area contributed by atoms with Gasteiger partial charge in [-0.15, -0.1) is 0 Å². The van der Waals surface area contributed by atoms with Crippen molar-refractivity contribution in [2.45, 2.75) is 18.4 Å². The van der Waals surface area contributed by atoms with Gasteiger partial charge in [0.05, 0.1) is 7.11 Å². The van der Waals surface area contributed by atoms with E-state index in [0.717, 1.165) is 31.8 Å². The first kappa shape index (κ1) is 16.1. The van der Waals surface area contributed by atoms with E-state index < -0.39 is 0 Å². The van der Waals surface area contributed by atoms with Gasteiger partial charge < -0.3 is 19.5 Å². The lowest BCUT2D eigenvalue weighted by Gasteiger charge is -2.32. The highest BCUT2D eigenvalue weighted by molar-refractivity contribution is 5.91. The monoisotopic (exact) mass is 340 g/mol. The van der Waals surface area contributed by atoms with Crippen LogP contribution in [0.2, 0.25) is 0 Å². The van der Waals surface area contributed by atoms with E-state index >= 15 is 0 Å². The van der Waals surface area contributed by atoms with Gasteiger partial charge in [0, 0.05) is 50.4 Å². The molecule has 132 valence electrons. The van der Waals surface area contributed by atoms with E-state index in [1.165, 1.54) is 5.56 Å². The smallest absolute Gasteiger partial charge is 0.290 e. The van der Waals surface area contributed by atoms with Gasteiger partial charge in [-0.3, -0.25) is 4.79 Å². The molecule has 2 fully saturated rings. The topological polar surface area (TPSA) is 59.4 Å². The number of methoxy groups -OCH3 is 1. The predicted molar refractivity (Wildman–Crippen MR) is 94.7 cm³/mol. The molecule has 1 aromatic heterocycles. The summed E-state index contributed by atoms with van der Waals surface area (Å²) in [4.78, 5) is 19.4. The fourth-order valence-electron chi connectivity index (χ4n) is 4.31. The van der Waals surface area contributed by atoms with Crippen LogP contribution in [0.3, 0.4) is 0 Å². The van der Waals surface area contributed by atoms with Gasteiger partial charge in [-0.25, -0.2) is 4.98 Å². The molecule has 1 amide bonds. The predicted octanol–water partition coefficient (Wildman–Crippen LogP) is 1.65. The number of nitrogens with zero attached hydrogens (tertiary/aromatic N) is 3. The molecule has 6 heteroatoms. The first-order chi connectivity index (χ1) is 12.2. The van der Waals surface area contributed by atoms with Crippen molar-refractivity contribution in [1.29, 1.82) is 0 Å². The molecule has 6 nitrogen and oxygen atoms in total. The van der Waals surface area contributed by atoms with Crippen molar-refractivity contribution in [3.05, 3.63) is 48.0 Å². The van der Waals surface area contributed by atoms with Gasteiger partial charge in [0.1, 0.15) is 5.75 Å². The van der Waals surface area contributed by atoms with Gasteiger partial charge in [0.15, 0.2) is 5.82 Å². The molecular weight excluding hydrogens is 316 g/mol. The van der Waals surface area contributed by atoms with E-state index in [1.807, 2.05) is 30.3 Å². The van der Waals surface area contributed by atoms with Crippen LogP contribution < -0.4 is 10.1 Å². The number of fused-ring (bicyclic) bond motifs is 1. The van der Waals surface area contributed by atoms with Crippen molar-refractivity contribution in [3.63, 3.8) is 0 Å². The lowest BCUT2D eigenvalue weighted by molar-refractivity contribution is 0.0681. The van der Waals surface area contributed by atoms with Crippen LogP contribution in [0.15, 0.2) is 36.7 Å². The van der Waals surface area contributed by atoms with E-state index in [1.54, 1.807) is 17.9 Å². The van der Waals surface area contributed by atoms with Crippen LogP contribution in [-0.2, 0) is 7.05 Å². The van der Waals surface area contributed by atoms with Gasteiger partial charge in [-0.05, 0) is 30.7 Å². The molecule has 0 saturated carbocycles. The minimum absolute atomic E-state index is 0.0368. The zero-order valence-corrected chi connectivity index (χ0v) is 14.7. The van der Waals surface area contributed by atoms with Crippen LogP contribution in [0.5, 0.6) is 5.75 Å². The number of aromatic nitrogens is 2. The van der Waals surface area contributed by atoms with E-state index in [-0.39, 0.29) is 11.9 Å². The molecule has 25 heavy (non-hydrogen) atoms. The summed E-state index contributed by atoms with van der Waals surface area (Å²) >= 11 is 0. The number of carbonyl (C=O) groups excluding carboxylic acids is 1. The molecule has 2 aliphatic heterocycles. The molecule has 0 unspecified atom stereocenters. The number of nitrogens with one attached hydrogen (secondary N) is 1. The van der Waals surface area contributed by atoms with E-state index in [9.17, 15) is 4.79 Å². The van der Waals surface area contributed by atoms with Crippen molar-refractivity contribution in [2.75, 3.05) is 26.7 Å². The molecular formula is C19H24N4O2. The van der Waals surface area contributed by atoms with Crippen LogP contribution in [0.4, 0.5) is 0 Å². The second kappa shape index (κ2) is 6.52. The van der Waals surface area contributed by atoms with Crippen LogP contribution >= 0.6 is 0 Å². The highest BCUT2D eigenvalue weighted by atomic mass is 16.5. The number of likely N-dealkylation sites (tertiary alicyclic amines) is 1. The molecule has 2 saturated heterocycles. The second-order valence-corrected chi connectivity index (χ2v) is 6.93. The zero-order valence-electron chi connectivity index (χ0n) is 14.7. The van der Waals surface area contributed by atoms with Crippen molar-refractivity contribution >= 4 is 5.91 Å². The Kier molecular flexibility index (Phi) is 4.21. The minimum atomic E-state index is 0.0368. The number of piperidine rings is 1. The maximum Gasteiger partial charge on any atom is 0.290 e. The Morgan fingerprint density at radius 2 is 2.28 bits per heavy atom. The van der Waals surface area contributed by atoms with Crippen LogP contribution in [0, 0.1) is 5.92 Å². The van der Waals surface area contributed by atoms with Gasteiger partial charge in [0.25, 0.3) is 5.91 Å². The maximum atomic E-state index is 13.1. The molecule has 0 bridgehead atoms. The standard InChI is InChI=1S/C19H24N4O2/c1-22-9-8-21-18(22)19(24)23-12-16(15-11-20-7-6-17(15)23)13-4-3-5-14(10-13)25-2/h3-5,8-10,15-17,20H,6-7,11-12H2,1-2H3/t15-,16-,17-/m1/s1. The van der Waals surface area contributed by atoms with Crippen molar-refractivity contribution in [3.8, 4) is 5.75 Å². The van der Waals surface area contributed by atoms with Gasteiger partial charge in [-0.1, -0.05) is 12.1 Å². The average Bonchev–Trinajstić information content (AvgIpc) is 3.25. The molecule has 2 aromatic rings. The summed E-state index contributed by atoms with van der Waals surface area (Å²) in [5.74, 6) is 2.16. The van der Waals surface area contributed by atoms with Gasteiger partial charge in [-0.2, -0.15) is 0 Å². The number of aryl methyl sites for hydroxylation is 1. The molecule has 0 aliphatic carbocycles. The van der Waals surface area contributed by atoms with Gasteiger partial charge in [0.2, 0.25) is 0 Å². The van der Waals surface area contributed by atoms with Crippen molar-refractivity contribution < 1.29 is 9.53 Å². The third-order valence-corrected chi connectivity index (χ3v) is 5.60. The first-order valence-electron chi connectivity index (χ1n) is 8.82. The van der Waals surface area contributed by atoms with E-state index in [4.69, 9.17) is 4.74 Å². The van der Waals surface area contributed by atoms with Crippen molar-refractivity contribution in [2.24, 2.45) is 13.0 Å². The number of imidazole rings is 1. The highest BCUT2D eigenvalue weighted by Gasteiger charge is 2.46. The lowest BCUT2D eigenvalue weighted by atomic mass is 9.82. The van der Waals surface area contributed by atoms with E-state index in [2.05, 4.69) is 22.4 Å². The molecule has 1 aromatic carbocycles. The summed E-state index contributed by atoms with van der Waals surface area (Å²) in [6.45, 7) is 2.63. The molecule has 3 heterocycles. The summed E-state index contributed by atoms with van der Waals surface area (Å²) in [6.07, 6.45) is 4.49. The Hall–Kier alpha value is -2.34. The second-order valence-electron chi connectivity index (χ2n) is 6.93. The summed E-state index contributed by atoms with van der Waals surface area (Å²) < 4.78 is 7.19. The average molecular weight is 340 g/mol. The number of amides is 1. The first-order valence-corrected chi connectivity index (χ1v) is 8.82. The molecule has 0 spiro atoms. The fraction of sp³-hybridized carbons (Fsp3) is 0.474. The van der Waals surface area contributed by atoms with E-state index in [0.29, 0.717) is 17.7 Å². The maximum absolute atomic E-state index is 13.1. The van der Waals surface area contributed by atoms with Crippen LogP contribution in [0.25, 0.3) is 0 Å². The van der Waals surface area contributed by atoms with Gasteiger partial charge >= 0.3 is 0 Å².